The fraction of sp³-hybridized carbons (Fsp3) is 0.700. The third-order valence-electron chi connectivity index (χ3n) is 1.97. The van der Waals surface area contributed by atoms with E-state index in [0.717, 1.165) is 31.1 Å². The third kappa shape index (κ3) is 4.07. The minimum absolute atomic E-state index is 1.01. The van der Waals surface area contributed by atoms with Gasteiger partial charge in [0.1, 0.15) is 0 Å². The van der Waals surface area contributed by atoms with Gasteiger partial charge in [-0.05, 0) is 33.5 Å². The van der Waals surface area contributed by atoms with Crippen molar-refractivity contribution in [3.05, 3.63) is 11.1 Å². The van der Waals surface area contributed by atoms with Crippen molar-refractivity contribution >= 4 is 16.5 Å². The second-order valence-electron chi connectivity index (χ2n) is 3.58. The van der Waals surface area contributed by atoms with Crippen LogP contribution < -0.4 is 5.32 Å². The number of thiazole rings is 1. The zero-order valence-corrected chi connectivity index (χ0v) is 10.0. The zero-order valence-electron chi connectivity index (χ0n) is 9.21. The van der Waals surface area contributed by atoms with E-state index in [-0.39, 0.29) is 0 Å². The van der Waals surface area contributed by atoms with Gasteiger partial charge in [0.15, 0.2) is 5.13 Å². The number of aromatic nitrogens is 1. The molecule has 1 heterocycles. The molecule has 0 bridgehead atoms. The Hall–Kier alpha value is -0.610. The highest BCUT2D eigenvalue weighted by Crippen LogP contribution is 2.15. The van der Waals surface area contributed by atoms with E-state index in [2.05, 4.69) is 41.6 Å². The van der Waals surface area contributed by atoms with E-state index in [9.17, 15) is 0 Å². The largest absolute Gasteiger partial charge is 0.361 e. The third-order valence-corrected chi connectivity index (χ3v) is 2.82. The van der Waals surface area contributed by atoms with Gasteiger partial charge < -0.3 is 10.2 Å². The topological polar surface area (TPSA) is 28.2 Å². The molecule has 14 heavy (non-hydrogen) atoms. The van der Waals surface area contributed by atoms with Crippen LogP contribution in [0.4, 0.5) is 5.13 Å². The molecule has 0 fully saturated rings. The summed E-state index contributed by atoms with van der Waals surface area (Å²) in [6.45, 7) is 4.26. The number of nitrogens with one attached hydrogen (secondary N) is 1. The van der Waals surface area contributed by atoms with Crippen LogP contribution >= 0.6 is 11.3 Å². The lowest BCUT2D eigenvalue weighted by Crippen LogP contribution is -2.16. The van der Waals surface area contributed by atoms with Gasteiger partial charge in [-0.1, -0.05) is 6.92 Å². The summed E-state index contributed by atoms with van der Waals surface area (Å²) in [4.78, 5) is 6.63. The molecule has 0 spiro atoms. The van der Waals surface area contributed by atoms with Gasteiger partial charge in [0.2, 0.25) is 0 Å². The average Bonchev–Trinajstić information content (AvgIpc) is 2.60. The van der Waals surface area contributed by atoms with Gasteiger partial charge >= 0.3 is 0 Å². The Morgan fingerprint density at radius 2 is 2.29 bits per heavy atom. The molecular formula is C10H19N3S. The summed E-state index contributed by atoms with van der Waals surface area (Å²) in [5, 5.41) is 6.51. The monoisotopic (exact) mass is 213 g/mol. The summed E-state index contributed by atoms with van der Waals surface area (Å²) < 4.78 is 0. The van der Waals surface area contributed by atoms with Crippen LogP contribution in [0.2, 0.25) is 0 Å². The summed E-state index contributed by atoms with van der Waals surface area (Å²) in [6, 6.07) is 0. The Morgan fingerprint density at radius 3 is 2.86 bits per heavy atom. The molecule has 0 aromatic carbocycles. The average molecular weight is 213 g/mol. The van der Waals surface area contributed by atoms with Crippen LogP contribution in [0.15, 0.2) is 5.38 Å². The highest BCUT2D eigenvalue weighted by atomic mass is 32.1. The predicted molar refractivity (Wildman–Crippen MR) is 63.2 cm³/mol. The maximum absolute atomic E-state index is 4.44. The van der Waals surface area contributed by atoms with E-state index in [1.807, 2.05) is 0 Å². The molecule has 4 heteroatoms. The summed E-state index contributed by atoms with van der Waals surface area (Å²) in [6.07, 6.45) is 2.18. The Morgan fingerprint density at radius 1 is 1.50 bits per heavy atom. The predicted octanol–water partition coefficient (Wildman–Crippen LogP) is 2.07. The Kier molecular flexibility index (Phi) is 4.90. The molecule has 0 saturated carbocycles. The molecule has 0 aliphatic rings. The van der Waals surface area contributed by atoms with Gasteiger partial charge in [-0.3, -0.25) is 0 Å². The van der Waals surface area contributed by atoms with Crippen molar-refractivity contribution in [2.75, 3.05) is 32.5 Å². The van der Waals surface area contributed by atoms with Crippen LogP contribution in [-0.4, -0.2) is 37.1 Å². The van der Waals surface area contributed by atoms with E-state index in [1.165, 1.54) is 5.69 Å². The Bertz CT molecular complexity index is 258. The van der Waals surface area contributed by atoms with Gasteiger partial charge in [0.05, 0.1) is 5.69 Å². The molecule has 3 nitrogen and oxygen atoms in total. The number of rotatable bonds is 6. The van der Waals surface area contributed by atoms with E-state index < -0.39 is 0 Å². The zero-order chi connectivity index (χ0) is 10.4. The van der Waals surface area contributed by atoms with Crippen molar-refractivity contribution in [3.63, 3.8) is 0 Å². The van der Waals surface area contributed by atoms with Gasteiger partial charge in [-0.15, -0.1) is 11.3 Å². The van der Waals surface area contributed by atoms with Gasteiger partial charge in [-0.25, -0.2) is 4.98 Å². The van der Waals surface area contributed by atoms with Crippen molar-refractivity contribution in [3.8, 4) is 0 Å². The molecule has 1 N–H and O–H groups in total. The summed E-state index contributed by atoms with van der Waals surface area (Å²) >= 11 is 1.70. The first-order chi connectivity index (χ1) is 6.72. The lowest BCUT2D eigenvalue weighted by atomic mass is 10.4. The fourth-order valence-corrected chi connectivity index (χ4v) is 1.96. The molecule has 0 aliphatic heterocycles. The van der Waals surface area contributed by atoms with Crippen molar-refractivity contribution in [2.24, 2.45) is 0 Å². The normalized spacial score (nSPS) is 10.9. The highest BCUT2D eigenvalue weighted by Gasteiger charge is 1.98. The van der Waals surface area contributed by atoms with Crippen LogP contribution in [0.5, 0.6) is 0 Å². The maximum atomic E-state index is 4.44. The second kappa shape index (κ2) is 5.98. The summed E-state index contributed by atoms with van der Waals surface area (Å²) in [5.74, 6) is 0. The SMILES string of the molecule is CCc1csc(NCCCN(C)C)n1. The molecule has 1 rings (SSSR count). The molecule has 80 valence electrons. The number of nitrogens with zero attached hydrogens (tertiary/aromatic N) is 2. The molecule has 0 amide bonds. The first-order valence-electron chi connectivity index (χ1n) is 5.05. The number of anilines is 1. The van der Waals surface area contributed by atoms with Crippen molar-refractivity contribution < 1.29 is 0 Å². The minimum Gasteiger partial charge on any atom is -0.361 e. The first-order valence-corrected chi connectivity index (χ1v) is 5.93. The van der Waals surface area contributed by atoms with E-state index in [4.69, 9.17) is 0 Å². The second-order valence-corrected chi connectivity index (χ2v) is 4.44. The quantitative estimate of drug-likeness (QED) is 0.733. The van der Waals surface area contributed by atoms with E-state index >= 15 is 0 Å². The highest BCUT2D eigenvalue weighted by molar-refractivity contribution is 7.13. The lowest BCUT2D eigenvalue weighted by molar-refractivity contribution is 0.405. The molecule has 1 aromatic heterocycles. The van der Waals surface area contributed by atoms with Crippen molar-refractivity contribution in [2.45, 2.75) is 19.8 Å². The Balaban J connectivity index is 2.18. The fourth-order valence-electron chi connectivity index (χ4n) is 1.14. The minimum atomic E-state index is 1.01. The molecule has 0 saturated heterocycles. The van der Waals surface area contributed by atoms with Gasteiger partial charge in [-0.2, -0.15) is 0 Å². The van der Waals surface area contributed by atoms with Crippen LogP contribution in [0.25, 0.3) is 0 Å². The smallest absolute Gasteiger partial charge is 0.182 e. The first kappa shape index (κ1) is 11.5. The molecule has 0 atom stereocenters. The van der Waals surface area contributed by atoms with Crippen LogP contribution in [-0.2, 0) is 6.42 Å². The summed E-state index contributed by atoms with van der Waals surface area (Å²) in [7, 11) is 4.19. The van der Waals surface area contributed by atoms with E-state index in [1.54, 1.807) is 11.3 Å². The van der Waals surface area contributed by atoms with E-state index in [0.29, 0.717) is 0 Å². The maximum Gasteiger partial charge on any atom is 0.182 e. The van der Waals surface area contributed by atoms with Crippen molar-refractivity contribution in [1.82, 2.24) is 9.88 Å². The van der Waals surface area contributed by atoms with Gasteiger partial charge in [0.25, 0.3) is 0 Å². The molecule has 0 aliphatic carbocycles. The Labute approximate surface area is 90.2 Å². The summed E-state index contributed by atoms with van der Waals surface area (Å²) in [5.41, 5.74) is 1.19. The van der Waals surface area contributed by atoms with Crippen LogP contribution in [0, 0.1) is 0 Å². The van der Waals surface area contributed by atoms with Gasteiger partial charge in [0, 0.05) is 11.9 Å². The van der Waals surface area contributed by atoms with Crippen LogP contribution in [0.1, 0.15) is 19.0 Å². The molecule has 1 aromatic rings. The number of aryl methyl sites for hydroxylation is 1. The molecule has 0 unspecified atom stereocenters. The standard InChI is InChI=1S/C10H19N3S/c1-4-9-8-14-10(12-9)11-6-5-7-13(2)3/h8H,4-7H2,1-3H3,(H,11,12). The number of hydrogen-bond donors (Lipinski definition) is 1. The number of hydrogen-bond acceptors (Lipinski definition) is 4. The van der Waals surface area contributed by atoms with Crippen LogP contribution in [0.3, 0.4) is 0 Å². The van der Waals surface area contributed by atoms with Crippen molar-refractivity contribution in [1.29, 1.82) is 0 Å². The molecular weight excluding hydrogens is 194 g/mol. The lowest BCUT2D eigenvalue weighted by Gasteiger charge is -2.08. The molecule has 0 radical (unpaired) electrons.